The number of nitrogens with zero attached hydrogens (tertiary/aromatic N) is 2. The molecule has 22 heavy (non-hydrogen) atoms. The highest BCUT2D eigenvalue weighted by Gasteiger charge is 2.24. The summed E-state index contributed by atoms with van der Waals surface area (Å²) in [5.74, 6) is -0.751. The molecular formula is C15H18N4O2S. The predicted octanol–water partition coefficient (Wildman–Crippen LogP) is 2.10. The molecule has 2 aromatic rings. The third kappa shape index (κ3) is 2.64. The van der Waals surface area contributed by atoms with E-state index in [1.165, 1.54) is 20.9 Å². The minimum atomic E-state index is -0.472. The maximum absolute atomic E-state index is 12.3. The summed E-state index contributed by atoms with van der Waals surface area (Å²) in [6.45, 7) is 0. The van der Waals surface area contributed by atoms with Crippen molar-refractivity contribution in [2.45, 2.75) is 32.1 Å². The molecule has 0 fully saturated rings. The monoisotopic (exact) mass is 318 g/mol. The predicted molar refractivity (Wildman–Crippen MR) is 85.3 cm³/mol. The van der Waals surface area contributed by atoms with Crippen LogP contribution in [0.1, 0.15) is 50.5 Å². The van der Waals surface area contributed by atoms with Gasteiger partial charge in [-0.2, -0.15) is 5.10 Å². The third-order valence-electron chi connectivity index (χ3n) is 3.95. The summed E-state index contributed by atoms with van der Waals surface area (Å²) in [6.07, 6.45) is 6.69. The topological polar surface area (TPSA) is 90.0 Å². The van der Waals surface area contributed by atoms with Gasteiger partial charge in [0.25, 0.3) is 11.8 Å². The number of aryl methyl sites for hydroxylation is 2. The molecule has 0 atom stereocenters. The SMILES string of the molecule is Cn1nccc1C(=O)Nc1sc2c(c1C(N)=O)CCCCC2. The Hall–Kier alpha value is -2.15. The summed E-state index contributed by atoms with van der Waals surface area (Å²) in [7, 11) is 1.70. The van der Waals surface area contributed by atoms with E-state index in [-0.39, 0.29) is 5.91 Å². The van der Waals surface area contributed by atoms with E-state index in [4.69, 9.17) is 5.73 Å². The van der Waals surface area contributed by atoms with Crippen molar-refractivity contribution in [2.24, 2.45) is 12.8 Å². The Bertz CT molecular complexity index is 732. The summed E-state index contributed by atoms with van der Waals surface area (Å²) in [6, 6.07) is 1.64. The number of amides is 2. The van der Waals surface area contributed by atoms with Gasteiger partial charge in [-0.15, -0.1) is 11.3 Å². The molecule has 1 aliphatic carbocycles. The van der Waals surface area contributed by atoms with Crippen LogP contribution in [-0.2, 0) is 19.9 Å². The van der Waals surface area contributed by atoms with Gasteiger partial charge >= 0.3 is 0 Å². The van der Waals surface area contributed by atoms with Crippen molar-refractivity contribution in [3.05, 3.63) is 34.0 Å². The summed E-state index contributed by atoms with van der Waals surface area (Å²) in [5, 5.41) is 7.37. The number of nitrogens with two attached hydrogens (primary N) is 1. The maximum atomic E-state index is 12.3. The zero-order chi connectivity index (χ0) is 15.7. The zero-order valence-corrected chi connectivity index (χ0v) is 13.2. The second kappa shape index (κ2) is 5.92. The fraction of sp³-hybridized carbons (Fsp3) is 0.400. The first-order valence-electron chi connectivity index (χ1n) is 7.31. The number of primary amides is 1. The molecule has 1 aliphatic rings. The van der Waals surface area contributed by atoms with E-state index in [0.29, 0.717) is 16.3 Å². The molecule has 2 heterocycles. The van der Waals surface area contributed by atoms with Crippen LogP contribution in [-0.4, -0.2) is 21.6 Å². The number of thiophene rings is 1. The van der Waals surface area contributed by atoms with Gasteiger partial charge in [0.1, 0.15) is 10.7 Å². The number of anilines is 1. The van der Waals surface area contributed by atoms with E-state index >= 15 is 0 Å². The van der Waals surface area contributed by atoms with Crippen molar-refractivity contribution in [1.29, 1.82) is 0 Å². The van der Waals surface area contributed by atoms with Gasteiger partial charge in [0, 0.05) is 18.1 Å². The average Bonchev–Trinajstić information content (AvgIpc) is 2.96. The molecule has 0 bridgehead atoms. The smallest absolute Gasteiger partial charge is 0.274 e. The van der Waals surface area contributed by atoms with Crippen LogP contribution in [0.15, 0.2) is 12.3 Å². The fourth-order valence-corrected chi connectivity index (χ4v) is 4.14. The van der Waals surface area contributed by atoms with Crippen LogP contribution in [0.2, 0.25) is 0 Å². The second-order valence-electron chi connectivity index (χ2n) is 5.43. The molecule has 116 valence electrons. The van der Waals surface area contributed by atoms with E-state index in [0.717, 1.165) is 37.7 Å². The molecule has 2 aromatic heterocycles. The third-order valence-corrected chi connectivity index (χ3v) is 5.16. The normalized spacial score (nSPS) is 14.2. The van der Waals surface area contributed by atoms with Gasteiger partial charge in [0.2, 0.25) is 0 Å². The molecule has 0 radical (unpaired) electrons. The molecule has 7 heteroatoms. The quantitative estimate of drug-likeness (QED) is 0.849. The first-order valence-corrected chi connectivity index (χ1v) is 8.13. The van der Waals surface area contributed by atoms with Crippen molar-refractivity contribution < 1.29 is 9.59 Å². The van der Waals surface area contributed by atoms with Crippen LogP contribution in [0.25, 0.3) is 0 Å². The van der Waals surface area contributed by atoms with Gasteiger partial charge in [-0.25, -0.2) is 0 Å². The summed E-state index contributed by atoms with van der Waals surface area (Å²) in [4.78, 5) is 25.4. The van der Waals surface area contributed by atoms with E-state index in [1.54, 1.807) is 19.3 Å². The van der Waals surface area contributed by atoms with Crippen LogP contribution in [0.5, 0.6) is 0 Å². The number of carbonyl (C=O) groups is 2. The molecule has 0 saturated carbocycles. The lowest BCUT2D eigenvalue weighted by Crippen LogP contribution is -2.19. The Morgan fingerprint density at radius 2 is 2.09 bits per heavy atom. The molecule has 0 aliphatic heterocycles. The molecule has 6 nitrogen and oxygen atoms in total. The van der Waals surface area contributed by atoms with Crippen molar-refractivity contribution in [3.63, 3.8) is 0 Å². The van der Waals surface area contributed by atoms with E-state index < -0.39 is 5.91 Å². The van der Waals surface area contributed by atoms with Crippen molar-refractivity contribution >= 4 is 28.2 Å². The highest BCUT2D eigenvalue weighted by atomic mass is 32.1. The number of hydrogen-bond donors (Lipinski definition) is 2. The van der Waals surface area contributed by atoms with Gasteiger partial charge in [0.05, 0.1) is 5.56 Å². The first kappa shape index (κ1) is 14.8. The summed E-state index contributed by atoms with van der Waals surface area (Å²) < 4.78 is 1.50. The molecule has 0 unspecified atom stereocenters. The molecule has 0 saturated heterocycles. The Kier molecular flexibility index (Phi) is 3.98. The van der Waals surface area contributed by atoms with Crippen LogP contribution in [0.4, 0.5) is 5.00 Å². The number of fused-ring (bicyclic) bond motifs is 1. The minimum absolute atomic E-state index is 0.279. The highest BCUT2D eigenvalue weighted by Crippen LogP contribution is 2.37. The van der Waals surface area contributed by atoms with Gasteiger partial charge in [0.15, 0.2) is 0 Å². The number of rotatable bonds is 3. The molecule has 3 rings (SSSR count). The van der Waals surface area contributed by atoms with E-state index in [9.17, 15) is 9.59 Å². The van der Waals surface area contributed by atoms with Crippen molar-refractivity contribution in [3.8, 4) is 0 Å². The lowest BCUT2D eigenvalue weighted by Gasteiger charge is -2.06. The second-order valence-corrected chi connectivity index (χ2v) is 6.53. The number of hydrogen-bond acceptors (Lipinski definition) is 4. The standard InChI is InChI=1S/C15H18N4O2S/c1-19-10(7-8-17-19)14(21)18-15-12(13(16)20)9-5-3-2-4-6-11(9)22-15/h7-8H,2-6H2,1H3,(H2,16,20)(H,18,21). The van der Waals surface area contributed by atoms with Crippen molar-refractivity contribution in [1.82, 2.24) is 9.78 Å². The lowest BCUT2D eigenvalue weighted by molar-refractivity contribution is 0.100. The molecule has 2 amide bonds. The highest BCUT2D eigenvalue weighted by molar-refractivity contribution is 7.17. The fourth-order valence-electron chi connectivity index (χ4n) is 2.86. The Morgan fingerprint density at radius 1 is 1.32 bits per heavy atom. The molecule has 0 aromatic carbocycles. The largest absolute Gasteiger partial charge is 0.365 e. The number of aromatic nitrogens is 2. The van der Waals surface area contributed by atoms with Gasteiger partial charge < -0.3 is 11.1 Å². The summed E-state index contributed by atoms with van der Waals surface area (Å²) in [5.41, 5.74) is 7.51. The van der Waals surface area contributed by atoms with Gasteiger partial charge in [-0.05, 0) is 37.3 Å². The Labute approximate surface area is 132 Å². The minimum Gasteiger partial charge on any atom is -0.365 e. The average molecular weight is 318 g/mol. The Morgan fingerprint density at radius 3 is 2.77 bits per heavy atom. The van der Waals surface area contributed by atoms with Crippen LogP contribution < -0.4 is 11.1 Å². The lowest BCUT2D eigenvalue weighted by atomic mass is 10.1. The Balaban J connectivity index is 1.95. The van der Waals surface area contributed by atoms with E-state index in [2.05, 4.69) is 10.4 Å². The maximum Gasteiger partial charge on any atom is 0.274 e. The molecule has 0 spiro atoms. The van der Waals surface area contributed by atoms with Crippen LogP contribution in [0.3, 0.4) is 0 Å². The molecular weight excluding hydrogens is 300 g/mol. The van der Waals surface area contributed by atoms with E-state index in [1.807, 2.05) is 0 Å². The summed E-state index contributed by atoms with van der Waals surface area (Å²) >= 11 is 1.47. The van der Waals surface area contributed by atoms with Crippen molar-refractivity contribution in [2.75, 3.05) is 5.32 Å². The number of carbonyl (C=O) groups excluding carboxylic acids is 2. The number of nitrogens with one attached hydrogen (secondary N) is 1. The molecule has 3 N–H and O–H groups in total. The zero-order valence-electron chi connectivity index (χ0n) is 12.4. The van der Waals surface area contributed by atoms with Crippen LogP contribution in [0, 0.1) is 0 Å². The first-order chi connectivity index (χ1) is 10.6. The van der Waals surface area contributed by atoms with Crippen LogP contribution >= 0.6 is 11.3 Å². The van der Waals surface area contributed by atoms with Gasteiger partial charge in [-0.3, -0.25) is 14.3 Å². The van der Waals surface area contributed by atoms with Gasteiger partial charge in [-0.1, -0.05) is 6.42 Å².